The molecule has 13 heavy (non-hydrogen) atoms. The summed E-state index contributed by atoms with van der Waals surface area (Å²) in [6, 6.07) is 5.60. The third-order valence-corrected chi connectivity index (χ3v) is 1.57. The zero-order chi connectivity index (χ0) is 9.84. The van der Waals surface area contributed by atoms with E-state index in [0.717, 1.165) is 5.56 Å². The van der Waals surface area contributed by atoms with Crippen LogP contribution in [-0.4, -0.2) is 0 Å². The molecule has 0 atom stereocenters. The summed E-state index contributed by atoms with van der Waals surface area (Å²) in [4.78, 5) is 0. The van der Waals surface area contributed by atoms with Gasteiger partial charge in [0.25, 0.3) is 0 Å². The lowest BCUT2D eigenvalue weighted by molar-refractivity contribution is 0.410. The molecule has 0 saturated carbocycles. The number of benzene rings is 1. The molecule has 1 aromatic rings. The molecular formula is C10H7F3. The van der Waals surface area contributed by atoms with Gasteiger partial charge in [0.1, 0.15) is 0 Å². The lowest BCUT2D eigenvalue weighted by atomic mass is 10.1. The minimum atomic E-state index is -2.30. The Bertz CT molecular complexity index is 332. The second-order valence-corrected chi connectivity index (χ2v) is 2.40. The molecule has 0 aliphatic carbocycles. The Balaban J connectivity index is 3.06. The van der Waals surface area contributed by atoms with Gasteiger partial charge in [0.2, 0.25) is 0 Å². The fraction of sp³-hybridized carbons (Fsp3) is 0. The van der Waals surface area contributed by atoms with Crippen LogP contribution in [0.3, 0.4) is 0 Å². The number of hydrogen-bond acceptors (Lipinski definition) is 0. The average molecular weight is 184 g/mol. The van der Waals surface area contributed by atoms with Crippen LogP contribution in [0.2, 0.25) is 0 Å². The molecule has 0 spiro atoms. The highest BCUT2D eigenvalue weighted by Crippen LogP contribution is 2.22. The standard InChI is InChI=1S/C10H7F3/c1-2-7-3-5-8(6-4-7)9(11)10(12)13/h2-6H,1H2. The van der Waals surface area contributed by atoms with Crippen molar-refractivity contribution in [3.8, 4) is 0 Å². The minimum absolute atomic E-state index is 0.120. The van der Waals surface area contributed by atoms with Crippen LogP contribution in [0.15, 0.2) is 36.9 Å². The van der Waals surface area contributed by atoms with Crippen molar-refractivity contribution in [3.63, 3.8) is 0 Å². The summed E-state index contributed by atoms with van der Waals surface area (Å²) >= 11 is 0. The Morgan fingerprint density at radius 1 is 1.08 bits per heavy atom. The summed E-state index contributed by atoms with van der Waals surface area (Å²) in [6.45, 7) is 3.49. The summed E-state index contributed by atoms with van der Waals surface area (Å²) in [5.41, 5.74) is 0.640. The van der Waals surface area contributed by atoms with Crippen molar-refractivity contribution < 1.29 is 13.2 Å². The van der Waals surface area contributed by atoms with Crippen molar-refractivity contribution in [2.24, 2.45) is 0 Å². The highest BCUT2D eigenvalue weighted by molar-refractivity contribution is 5.61. The van der Waals surface area contributed by atoms with Crippen molar-refractivity contribution in [3.05, 3.63) is 48.1 Å². The predicted octanol–water partition coefficient (Wildman–Crippen LogP) is 3.86. The summed E-state index contributed by atoms with van der Waals surface area (Å²) in [7, 11) is 0. The van der Waals surface area contributed by atoms with Crippen molar-refractivity contribution in [1.29, 1.82) is 0 Å². The lowest BCUT2D eigenvalue weighted by Gasteiger charge is -1.97. The smallest absolute Gasteiger partial charge is 0.200 e. The summed E-state index contributed by atoms with van der Waals surface area (Å²) in [5.74, 6) is -1.48. The molecule has 3 heteroatoms. The van der Waals surface area contributed by atoms with E-state index in [1.165, 1.54) is 24.3 Å². The van der Waals surface area contributed by atoms with Crippen molar-refractivity contribution >= 4 is 11.9 Å². The van der Waals surface area contributed by atoms with Gasteiger partial charge in [0.05, 0.1) is 0 Å². The van der Waals surface area contributed by atoms with Crippen LogP contribution in [0.5, 0.6) is 0 Å². The average Bonchev–Trinajstić information content (AvgIpc) is 2.17. The minimum Gasteiger partial charge on any atom is -0.200 e. The van der Waals surface area contributed by atoms with E-state index in [1.807, 2.05) is 0 Å². The second kappa shape index (κ2) is 3.94. The Morgan fingerprint density at radius 3 is 2.00 bits per heavy atom. The predicted molar refractivity (Wildman–Crippen MR) is 46.8 cm³/mol. The first-order valence-electron chi connectivity index (χ1n) is 3.59. The van der Waals surface area contributed by atoms with Crippen LogP contribution in [0.1, 0.15) is 11.1 Å². The normalized spacial score (nSPS) is 9.46. The highest BCUT2D eigenvalue weighted by Gasteiger charge is 2.06. The Kier molecular flexibility index (Phi) is 2.90. The monoisotopic (exact) mass is 184 g/mol. The molecule has 1 aromatic carbocycles. The highest BCUT2D eigenvalue weighted by atomic mass is 19.3. The molecule has 0 aromatic heterocycles. The summed E-state index contributed by atoms with van der Waals surface area (Å²) in [6.07, 6.45) is -0.747. The van der Waals surface area contributed by atoms with E-state index < -0.39 is 11.9 Å². The first-order valence-corrected chi connectivity index (χ1v) is 3.59. The molecule has 0 unspecified atom stereocenters. The molecule has 0 aliphatic heterocycles. The molecule has 0 amide bonds. The first kappa shape index (κ1) is 9.58. The van der Waals surface area contributed by atoms with E-state index in [0.29, 0.717) is 0 Å². The fourth-order valence-corrected chi connectivity index (χ4v) is 0.875. The molecule has 0 fully saturated rings. The first-order chi connectivity index (χ1) is 6.15. The Hall–Kier alpha value is -1.51. The number of halogens is 3. The number of hydrogen-bond donors (Lipinski definition) is 0. The molecule has 0 saturated heterocycles. The van der Waals surface area contributed by atoms with Gasteiger partial charge in [-0.25, -0.2) is 4.39 Å². The van der Waals surface area contributed by atoms with Gasteiger partial charge < -0.3 is 0 Å². The molecule has 68 valence electrons. The molecule has 0 aliphatic rings. The van der Waals surface area contributed by atoms with Crippen LogP contribution in [0.25, 0.3) is 11.9 Å². The number of rotatable bonds is 2. The third kappa shape index (κ3) is 2.21. The van der Waals surface area contributed by atoms with E-state index in [9.17, 15) is 13.2 Å². The largest absolute Gasteiger partial charge is 0.306 e. The molecule has 0 bridgehead atoms. The van der Waals surface area contributed by atoms with E-state index in [-0.39, 0.29) is 5.56 Å². The SMILES string of the molecule is C=Cc1ccc(C(F)=C(F)F)cc1. The molecule has 0 heterocycles. The molecule has 0 radical (unpaired) electrons. The third-order valence-electron chi connectivity index (χ3n) is 1.57. The van der Waals surface area contributed by atoms with Crippen molar-refractivity contribution in [2.45, 2.75) is 0 Å². The topological polar surface area (TPSA) is 0 Å². The summed E-state index contributed by atoms with van der Waals surface area (Å²) in [5, 5.41) is 0. The lowest BCUT2D eigenvalue weighted by Crippen LogP contribution is -1.79. The van der Waals surface area contributed by atoms with Crippen molar-refractivity contribution in [2.75, 3.05) is 0 Å². The van der Waals surface area contributed by atoms with Gasteiger partial charge in [-0.2, -0.15) is 8.78 Å². The van der Waals surface area contributed by atoms with Gasteiger partial charge in [-0.3, -0.25) is 0 Å². The van der Waals surface area contributed by atoms with E-state index in [4.69, 9.17) is 0 Å². The van der Waals surface area contributed by atoms with Crippen LogP contribution < -0.4 is 0 Å². The van der Waals surface area contributed by atoms with Crippen LogP contribution >= 0.6 is 0 Å². The van der Waals surface area contributed by atoms with E-state index in [1.54, 1.807) is 6.08 Å². The maximum Gasteiger partial charge on any atom is 0.306 e. The van der Waals surface area contributed by atoms with Gasteiger partial charge in [-0.1, -0.05) is 36.9 Å². The van der Waals surface area contributed by atoms with Gasteiger partial charge in [0, 0.05) is 5.56 Å². The molecule has 0 N–H and O–H groups in total. The van der Waals surface area contributed by atoms with Crippen LogP contribution in [0, 0.1) is 0 Å². The van der Waals surface area contributed by atoms with E-state index in [2.05, 4.69) is 6.58 Å². The van der Waals surface area contributed by atoms with Crippen molar-refractivity contribution in [1.82, 2.24) is 0 Å². The zero-order valence-corrected chi connectivity index (χ0v) is 6.73. The van der Waals surface area contributed by atoms with Gasteiger partial charge in [0.15, 0.2) is 5.83 Å². The second-order valence-electron chi connectivity index (χ2n) is 2.40. The van der Waals surface area contributed by atoms with Gasteiger partial charge in [-0.15, -0.1) is 0 Å². The van der Waals surface area contributed by atoms with Crippen LogP contribution in [-0.2, 0) is 0 Å². The maximum atomic E-state index is 12.6. The zero-order valence-electron chi connectivity index (χ0n) is 6.73. The molecule has 0 nitrogen and oxygen atoms in total. The fourth-order valence-electron chi connectivity index (χ4n) is 0.875. The summed E-state index contributed by atoms with van der Waals surface area (Å²) < 4.78 is 36.2. The van der Waals surface area contributed by atoms with Gasteiger partial charge >= 0.3 is 6.08 Å². The maximum absolute atomic E-state index is 12.6. The Labute approximate surface area is 74.0 Å². The molecular weight excluding hydrogens is 177 g/mol. The van der Waals surface area contributed by atoms with Gasteiger partial charge in [-0.05, 0) is 5.56 Å². The molecule has 1 rings (SSSR count). The van der Waals surface area contributed by atoms with E-state index >= 15 is 0 Å². The quantitative estimate of drug-likeness (QED) is 0.654. The van der Waals surface area contributed by atoms with Crippen LogP contribution in [0.4, 0.5) is 13.2 Å². The Morgan fingerprint density at radius 2 is 1.62 bits per heavy atom.